The number of amides is 1. The zero-order valence-corrected chi connectivity index (χ0v) is 14.6. The number of ether oxygens (including phenoxy) is 2. The molecule has 0 aromatic heterocycles. The Hall–Kier alpha value is -2.60. The van der Waals surface area contributed by atoms with Crippen molar-refractivity contribution in [1.29, 1.82) is 0 Å². The molecule has 0 spiro atoms. The van der Waals surface area contributed by atoms with Gasteiger partial charge in [0.15, 0.2) is 6.61 Å². The zero-order valence-electron chi connectivity index (χ0n) is 13.8. The van der Waals surface area contributed by atoms with Gasteiger partial charge in [0.25, 0.3) is 5.91 Å². The van der Waals surface area contributed by atoms with Crippen LogP contribution in [-0.4, -0.2) is 25.1 Å². The van der Waals surface area contributed by atoms with Crippen molar-refractivity contribution in [1.82, 2.24) is 5.43 Å². The SMILES string of the molecule is Cc1cc(Cl)ccc1OCC(=O)N/N=C/c1ccccc1OC(C)F. The van der Waals surface area contributed by atoms with Crippen molar-refractivity contribution in [2.45, 2.75) is 20.2 Å². The molecule has 7 heteroatoms. The number of para-hydroxylation sites is 1. The van der Waals surface area contributed by atoms with Crippen LogP contribution in [0.1, 0.15) is 18.1 Å². The average molecular weight is 365 g/mol. The first-order valence-corrected chi connectivity index (χ1v) is 7.94. The van der Waals surface area contributed by atoms with Crippen molar-refractivity contribution in [2.75, 3.05) is 6.61 Å². The molecule has 0 aliphatic heterocycles. The molecule has 2 aromatic rings. The average Bonchev–Trinajstić information content (AvgIpc) is 2.55. The molecule has 1 N–H and O–H groups in total. The number of hydrogen-bond donors (Lipinski definition) is 1. The lowest BCUT2D eigenvalue weighted by Crippen LogP contribution is -2.24. The van der Waals surface area contributed by atoms with Gasteiger partial charge in [-0.1, -0.05) is 23.7 Å². The van der Waals surface area contributed by atoms with Crippen molar-refractivity contribution in [3.8, 4) is 11.5 Å². The molecule has 0 saturated heterocycles. The first-order valence-electron chi connectivity index (χ1n) is 7.56. The lowest BCUT2D eigenvalue weighted by atomic mass is 10.2. The van der Waals surface area contributed by atoms with Crippen molar-refractivity contribution >= 4 is 23.7 Å². The van der Waals surface area contributed by atoms with Crippen molar-refractivity contribution in [3.05, 3.63) is 58.6 Å². The number of benzene rings is 2. The maximum absolute atomic E-state index is 13.0. The second-order valence-electron chi connectivity index (χ2n) is 5.19. The third-order valence-corrected chi connectivity index (χ3v) is 3.33. The maximum atomic E-state index is 13.0. The smallest absolute Gasteiger partial charge is 0.277 e. The Morgan fingerprint density at radius 2 is 2.08 bits per heavy atom. The van der Waals surface area contributed by atoms with Gasteiger partial charge in [-0.2, -0.15) is 5.10 Å². The Bertz CT molecular complexity index is 766. The molecule has 2 aromatic carbocycles. The van der Waals surface area contributed by atoms with Crippen LogP contribution in [0.4, 0.5) is 4.39 Å². The molecule has 0 aliphatic carbocycles. The van der Waals surface area contributed by atoms with Gasteiger partial charge in [-0.3, -0.25) is 4.79 Å². The lowest BCUT2D eigenvalue weighted by Gasteiger charge is -2.09. The number of carbonyl (C=O) groups is 1. The number of aryl methyl sites for hydroxylation is 1. The van der Waals surface area contributed by atoms with Gasteiger partial charge < -0.3 is 9.47 Å². The van der Waals surface area contributed by atoms with Gasteiger partial charge in [-0.25, -0.2) is 9.82 Å². The third-order valence-electron chi connectivity index (χ3n) is 3.10. The number of rotatable bonds is 7. The Balaban J connectivity index is 1.88. The molecule has 1 unspecified atom stereocenters. The van der Waals surface area contributed by atoms with Gasteiger partial charge in [0.2, 0.25) is 6.36 Å². The van der Waals surface area contributed by atoms with E-state index in [2.05, 4.69) is 10.5 Å². The third kappa shape index (κ3) is 6.08. The van der Waals surface area contributed by atoms with Crippen LogP contribution in [0.2, 0.25) is 5.02 Å². The highest BCUT2D eigenvalue weighted by Crippen LogP contribution is 2.21. The normalized spacial score (nSPS) is 12.0. The summed E-state index contributed by atoms with van der Waals surface area (Å²) in [6.45, 7) is 2.92. The van der Waals surface area contributed by atoms with Crippen LogP contribution >= 0.6 is 11.6 Å². The van der Waals surface area contributed by atoms with Crippen LogP contribution in [0.3, 0.4) is 0 Å². The molecule has 0 fully saturated rings. The predicted molar refractivity (Wildman–Crippen MR) is 95.1 cm³/mol. The number of nitrogens with zero attached hydrogens (tertiary/aromatic N) is 1. The highest BCUT2D eigenvalue weighted by Gasteiger charge is 2.06. The van der Waals surface area contributed by atoms with Gasteiger partial charge in [0, 0.05) is 17.5 Å². The van der Waals surface area contributed by atoms with Gasteiger partial charge in [-0.05, 0) is 42.8 Å². The summed E-state index contributed by atoms with van der Waals surface area (Å²) in [5, 5.41) is 4.43. The molecule has 0 radical (unpaired) electrons. The van der Waals surface area contributed by atoms with E-state index in [1.807, 2.05) is 6.92 Å². The van der Waals surface area contributed by atoms with E-state index >= 15 is 0 Å². The largest absolute Gasteiger partial charge is 0.483 e. The summed E-state index contributed by atoms with van der Waals surface area (Å²) in [5.74, 6) is 0.477. The maximum Gasteiger partial charge on any atom is 0.277 e. The highest BCUT2D eigenvalue weighted by atomic mass is 35.5. The summed E-state index contributed by atoms with van der Waals surface area (Å²) in [5.41, 5.74) is 3.72. The lowest BCUT2D eigenvalue weighted by molar-refractivity contribution is -0.123. The molecule has 25 heavy (non-hydrogen) atoms. The highest BCUT2D eigenvalue weighted by molar-refractivity contribution is 6.30. The molecule has 5 nitrogen and oxygen atoms in total. The molecule has 1 amide bonds. The Morgan fingerprint density at radius 1 is 1.32 bits per heavy atom. The first-order chi connectivity index (χ1) is 12.0. The van der Waals surface area contributed by atoms with E-state index in [1.54, 1.807) is 42.5 Å². The minimum atomic E-state index is -1.44. The molecular formula is C18H18ClFN2O3. The Morgan fingerprint density at radius 3 is 2.80 bits per heavy atom. The minimum Gasteiger partial charge on any atom is -0.483 e. The number of hydrogen-bond acceptors (Lipinski definition) is 4. The molecule has 0 saturated carbocycles. The van der Waals surface area contributed by atoms with E-state index in [9.17, 15) is 9.18 Å². The fourth-order valence-corrected chi connectivity index (χ4v) is 2.22. The molecule has 0 bridgehead atoms. The van der Waals surface area contributed by atoms with Crippen LogP contribution < -0.4 is 14.9 Å². The molecular weight excluding hydrogens is 347 g/mol. The summed E-state index contributed by atoms with van der Waals surface area (Å²) in [6.07, 6.45) is -0.0662. The van der Waals surface area contributed by atoms with Crippen LogP contribution in [0.5, 0.6) is 11.5 Å². The zero-order chi connectivity index (χ0) is 18.2. The van der Waals surface area contributed by atoms with E-state index < -0.39 is 12.3 Å². The summed E-state index contributed by atoms with van der Waals surface area (Å²) in [6, 6.07) is 11.9. The van der Waals surface area contributed by atoms with Gasteiger partial charge in [-0.15, -0.1) is 0 Å². The van der Waals surface area contributed by atoms with Crippen molar-refractivity contribution in [3.63, 3.8) is 0 Å². The second-order valence-corrected chi connectivity index (χ2v) is 5.63. The fraction of sp³-hybridized carbons (Fsp3) is 0.222. The van der Waals surface area contributed by atoms with Gasteiger partial charge >= 0.3 is 0 Å². The van der Waals surface area contributed by atoms with E-state index in [0.29, 0.717) is 22.1 Å². The van der Waals surface area contributed by atoms with E-state index in [0.717, 1.165) is 5.56 Å². The topological polar surface area (TPSA) is 59.9 Å². The molecule has 1 atom stereocenters. The van der Waals surface area contributed by atoms with Crippen LogP contribution in [0, 0.1) is 6.92 Å². The van der Waals surface area contributed by atoms with Gasteiger partial charge in [0.05, 0.1) is 6.21 Å². The summed E-state index contributed by atoms with van der Waals surface area (Å²) >= 11 is 5.86. The number of carbonyl (C=O) groups excluding carboxylic acids is 1. The van der Waals surface area contributed by atoms with Crippen molar-refractivity contribution < 1.29 is 18.7 Å². The van der Waals surface area contributed by atoms with E-state index in [-0.39, 0.29) is 6.61 Å². The molecule has 0 heterocycles. The number of alkyl halides is 1. The summed E-state index contributed by atoms with van der Waals surface area (Å²) in [7, 11) is 0. The number of hydrazone groups is 1. The van der Waals surface area contributed by atoms with Crippen LogP contribution in [0.25, 0.3) is 0 Å². The molecule has 132 valence electrons. The summed E-state index contributed by atoms with van der Waals surface area (Å²) < 4.78 is 23.4. The monoisotopic (exact) mass is 364 g/mol. The standard InChI is InChI=1S/C18H18ClFN2O3/c1-12-9-15(19)7-8-16(12)24-11-18(23)22-21-10-14-5-3-4-6-17(14)25-13(2)20/h3-10,13H,11H2,1-2H3,(H,22,23)/b21-10+. The molecule has 0 aliphatic rings. The van der Waals surface area contributed by atoms with E-state index in [1.165, 1.54) is 13.1 Å². The minimum absolute atomic E-state index is 0.195. The molecule has 2 rings (SSSR count). The van der Waals surface area contributed by atoms with Gasteiger partial charge in [0.1, 0.15) is 11.5 Å². The van der Waals surface area contributed by atoms with Crippen molar-refractivity contribution in [2.24, 2.45) is 5.10 Å². The number of nitrogens with one attached hydrogen (secondary N) is 1. The quantitative estimate of drug-likeness (QED) is 0.599. The Labute approximate surface area is 150 Å². The predicted octanol–water partition coefficient (Wildman–Crippen LogP) is 3.87. The first kappa shape index (κ1) is 18.7. The number of halogens is 2. The fourth-order valence-electron chi connectivity index (χ4n) is 1.99. The van der Waals surface area contributed by atoms with Crippen LogP contribution in [0.15, 0.2) is 47.6 Å². The second kappa shape index (κ2) is 9.03. The van der Waals surface area contributed by atoms with E-state index in [4.69, 9.17) is 21.1 Å². The Kier molecular flexibility index (Phi) is 6.77. The van der Waals surface area contributed by atoms with Crippen LogP contribution in [-0.2, 0) is 4.79 Å². The summed E-state index contributed by atoms with van der Waals surface area (Å²) in [4.78, 5) is 11.8.